The third kappa shape index (κ3) is 2.57. The molecule has 0 amide bonds. The van der Waals surface area contributed by atoms with Crippen molar-refractivity contribution in [2.75, 3.05) is 5.73 Å². The van der Waals surface area contributed by atoms with Gasteiger partial charge in [0.15, 0.2) is 0 Å². The maximum atomic E-state index is 6.01. The van der Waals surface area contributed by atoms with Gasteiger partial charge in [-0.05, 0) is 24.1 Å². The van der Waals surface area contributed by atoms with Crippen molar-refractivity contribution in [2.45, 2.75) is 19.8 Å². The second-order valence-corrected chi connectivity index (χ2v) is 5.21. The number of hydrogen-bond acceptors (Lipinski definition) is 3. The Morgan fingerprint density at radius 2 is 1.67 bits per heavy atom. The highest BCUT2D eigenvalue weighted by atomic mass is 35.5. The van der Waals surface area contributed by atoms with E-state index in [4.69, 9.17) is 28.9 Å². The Kier molecular flexibility index (Phi) is 3.73. The summed E-state index contributed by atoms with van der Waals surface area (Å²) in [5, 5.41) is 1.15. The van der Waals surface area contributed by atoms with Crippen LogP contribution in [0.4, 0.5) is 5.82 Å². The van der Waals surface area contributed by atoms with Gasteiger partial charge in [-0.3, -0.25) is 0 Å². The Bertz CT molecular complexity index is 562. The van der Waals surface area contributed by atoms with Gasteiger partial charge in [-0.25, -0.2) is 9.97 Å². The molecule has 5 heteroatoms. The molecule has 2 N–H and O–H groups in total. The van der Waals surface area contributed by atoms with E-state index in [9.17, 15) is 0 Å². The van der Waals surface area contributed by atoms with Gasteiger partial charge in [0.1, 0.15) is 12.1 Å². The van der Waals surface area contributed by atoms with Crippen LogP contribution in [0.1, 0.15) is 25.3 Å². The molecule has 3 nitrogen and oxygen atoms in total. The summed E-state index contributed by atoms with van der Waals surface area (Å²) in [4.78, 5) is 8.34. The number of halogens is 2. The molecule has 18 heavy (non-hydrogen) atoms. The predicted molar refractivity (Wildman–Crippen MR) is 76.0 cm³/mol. The van der Waals surface area contributed by atoms with Crippen LogP contribution in [0.2, 0.25) is 10.0 Å². The van der Waals surface area contributed by atoms with E-state index in [0.29, 0.717) is 15.9 Å². The molecule has 0 fully saturated rings. The second kappa shape index (κ2) is 5.12. The first kappa shape index (κ1) is 13.1. The molecule has 0 unspecified atom stereocenters. The molecule has 0 saturated carbocycles. The van der Waals surface area contributed by atoms with Crippen LogP contribution in [0, 0.1) is 0 Å². The monoisotopic (exact) mass is 281 g/mol. The average molecular weight is 282 g/mol. The van der Waals surface area contributed by atoms with Crippen LogP contribution in [-0.4, -0.2) is 9.97 Å². The van der Waals surface area contributed by atoms with Crippen LogP contribution in [0.15, 0.2) is 24.5 Å². The maximum absolute atomic E-state index is 6.01. The largest absolute Gasteiger partial charge is 0.383 e. The van der Waals surface area contributed by atoms with Crippen molar-refractivity contribution < 1.29 is 0 Å². The number of aromatic nitrogens is 2. The summed E-state index contributed by atoms with van der Waals surface area (Å²) in [6.07, 6.45) is 1.45. The van der Waals surface area contributed by atoms with Gasteiger partial charge >= 0.3 is 0 Å². The molecule has 1 aromatic carbocycles. The lowest BCUT2D eigenvalue weighted by molar-refractivity contribution is 0.854. The molecule has 0 bridgehead atoms. The Hall–Kier alpha value is -1.32. The highest BCUT2D eigenvalue weighted by Gasteiger charge is 2.15. The maximum Gasteiger partial charge on any atom is 0.130 e. The molecule has 0 saturated heterocycles. The summed E-state index contributed by atoms with van der Waals surface area (Å²) >= 11 is 12.0. The molecule has 2 aromatic rings. The average Bonchev–Trinajstić information content (AvgIpc) is 2.26. The highest BCUT2D eigenvalue weighted by Crippen LogP contribution is 2.33. The van der Waals surface area contributed by atoms with Crippen LogP contribution >= 0.6 is 23.2 Å². The smallest absolute Gasteiger partial charge is 0.130 e. The van der Waals surface area contributed by atoms with E-state index in [-0.39, 0.29) is 5.92 Å². The molecule has 0 radical (unpaired) electrons. The van der Waals surface area contributed by atoms with Gasteiger partial charge in [-0.2, -0.15) is 0 Å². The van der Waals surface area contributed by atoms with E-state index in [0.717, 1.165) is 16.8 Å². The summed E-state index contributed by atoms with van der Waals surface area (Å²) in [5.41, 5.74) is 8.46. The molecule has 0 spiro atoms. The first-order chi connectivity index (χ1) is 8.49. The molecular weight excluding hydrogens is 269 g/mol. The number of rotatable bonds is 2. The van der Waals surface area contributed by atoms with E-state index in [1.807, 2.05) is 26.0 Å². The molecule has 1 aromatic heterocycles. The zero-order chi connectivity index (χ0) is 13.3. The van der Waals surface area contributed by atoms with Crippen molar-refractivity contribution >= 4 is 29.0 Å². The number of benzene rings is 1. The molecule has 0 aliphatic carbocycles. The minimum Gasteiger partial charge on any atom is -0.383 e. The number of nitrogens with zero attached hydrogens (tertiary/aromatic N) is 2. The topological polar surface area (TPSA) is 51.8 Å². The SMILES string of the molecule is CC(C)c1c(N)ncnc1-c1cc(Cl)cc(Cl)c1. The van der Waals surface area contributed by atoms with Gasteiger partial charge in [-0.1, -0.05) is 37.0 Å². The van der Waals surface area contributed by atoms with Crippen molar-refractivity contribution in [1.29, 1.82) is 0 Å². The number of nitrogen functional groups attached to an aromatic ring is 1. The number of hydrogen-bond donors (Lipinski definition) is 1. The quantitative estimate of drug-likeness (QED) is 0.899. The standard InChI is InChI=1S/C13H13Cl2N3/c1-7(2)11-12(17-6-18-13(11)16)8-3-9(14)5-10(15)4-8/h3-7H,1-2H3,(H2,16,17,18). The van der Waals surface area contributed by atoms with Crippen LogP contribution in [0.3, 0.4) is 0 Å². The summed E-state index contributed by atoms with van der Waals surface area (Å²) in [5.74, 6) is 0.713. The van der Waals surface area contributed by atoms with Gasteiger partial charge in [-0.15, -0.1) is 0 Å². The van der Waals surface area contributed by atoms with Crippen molar-refractivity contribution in [1.82, 2.24) is 9.97 Å². The van der Waals surface area contributed by atoms with Crippen LogP contribution < -0.4 is 5.73 Å². The first-order valence-electron chi connectivity index (χ1n) is 5.56. The third-order valence-corrected chi connectivity index (χ3v) is 3.06. The Morgan fingerprint density at radius 1 is 1.06 bits per heavy atom. The van der Waals surface area contributed by atoms with Crippen LogP contribution in [0.25, 0.3) is 11.3 Å². The fourth-order valence-corrected chi connectivity index (χ4v) is 2.43. The fourth-order valence-electron chi connectivity index (χ4n) is 1.90. The van der Waals surface area contributed by atoms with E-state index in [2.05, 4.69) is 9.97 Å². The molecular formula is C13H13Cl2N3. The third-order valence-electron chi connectivity index (χ3n) is 2.63. The normalized spacial score (nSPS) is 10.9. The Labute approximate surface area is 116 Å². The lowest BCUT2D eigenvalue weighted by Crippen LogP contribution is -2.04. The summed E-state index contributed by atoms with van der Waals surface area (Å²) < 4.78 is 0. The molecule has 1 heterocycles. The van der Waals surface area contributed by atoms with Crippen molar-refractivity contribution in [2.24, 2.45) is 0 Å². The molecule has 94 valence electrons. The lowest BCUT2D eigenvalue weighted by Gasteiger charge is -2.14. The van der Waals surface area contributed by atoms with Crippen molar-refractivity contribution in [3.63, 3.8) is 0 Å². The first-order valence-corrected chi connectivity index (χ1v) is 6.31. The minimum absolute atomic E-state index is 0.221. The van der Waals surface area contributed by atoms with E-state index < -0.39 is 0 Å². The number of nitrogens with two attached hydrogens (primary N) is 1. The Balaban J connectivity index is 2.67. The molecule has 0 aliphatic heterocycles. The summed E-state index contributed by atoms with van der Waals surface area (Å²) in [6.45, 7) is 4.09. The van der Waals surface area contributed by atoms with E-state index >= 15 is 0 Å². The zero-order valence-corrected chi connectivity index (χ0v) is 11.6. The lowest BCUT2D eigenvalue weighted by atomic mass is 9.97. The molecule has 0 atom stereocenters. The van der Waals surface area contributed by atoms with Gasteiger partial charge in [0.2, 0.25) is 0 Å². The second-order valence-electron chi connectivity index (χ2n) is 4.33. The van der Waals surface area contributed by atoms with Crippen molar-refractivity contribution in [3.8, 4) is 11.3 Å². The number of anilines is 1. The van der Waals surface area contributed by atoms with Gasteiger partial charge in [0.05, 0.1) is 5.69 Å². The minimum atomic E-state index is 0.221. The highest BCUT2D eigenvalue weighted by molar-refractivity contribution is 6.35. The van der Waals surface area contributed by atoms with E-state index in [1.54, 1.807) is 6.07 Å². The molecule has 0 aliphatic rings. The summed E-state index contributed by atoms with van der Waals surface area (Å²) in [6, 6.07) is 5.33. The van der Waals surface area contributed by atoms with Gasteiger partial charge < -0.3 is 5.73 Å². The summed E-state index contributed by atoms with van der Waals surface area (Å²) in [7, 11) is 0. The Morgan fingerprint density at radius 3 is 2.22 bits per heavy atom. The van der Waals surface area contributed by atoms with Crippen molar-refractivity contribution in [3.05, 3.63) is 40.1 Å². The van der Waals surface area contributed by atoms with E-state index in [1.165, 1.54) is 6.33 Å². The van der Waals surface area contributed by atoms with Crippen LogP contribution in [-0.2, 0) is 0 Å². The van der Waals surface area contributed by atoms with Gasteiger partial charge in [0, 0.05) is 21.2 Å². The fraction of sp³-hybridized carbons (Fsp3) is 0.231. The predicted octanol–water partition coefficient (Wildman–Crippen LogP) is 4.16. The van der Waals surface area contributed by atoms with Gasteiger partial charge in [0.25, 0.3) is 0 Å². The molecule has 2 rings (SSSR count). The van der Waals surface area contributed by atoms with Crippen LogP contribution in [0.5, 0.6) is 0 Å². The zero-order valence-electron chi connectivity index (χ0n) is 10.1.